The highest BCUT2D eigenvalue weighted by molar-refractivity contribution is 6.15. The van der Waals surface area contributed by atoms with E-state index in [2.05, 4.69) is 58.3 Å². The summed E-state index contributed by atoms with van der Waals surface area (Å²) in [5.41, 5.74) is 15.3. The zero-order valence-electron chi connectivity index (χ0n) is 23.2. The second-order valence-electron chi connectivity index (χ2n) is 9.75. The standard InChI is InChI=1S/C31H37N7O/c1-5-21(4)29(32)35-26-10-8-24(18-22(26)6-2)27-20-38-13-12-33-31(38)30(36-27)34-25-9-11-28(23(7-3)19-25)37-14-16-39-17-15-37/h6,8-13,18-20H,5,7,14-17,32H2,1-4H3,(H,34,36)/b22-6-,29-21?,35-26-. The number of morpholine rings is 1. The lowest BCUT2D eigenvalue weighted by Gasteiger charge is -2.30. The first kappa shape index (κ1) is 26.4. The SMILES string of the molecule is C/C=C1/C=C(c2cn3ccnc3c(Nc3ccc(N4CCOCC4)c(CC)c3)n2)C=C/C1=N/C(N)=C(C)CC. The average molecular weight is 524 g/mol. The van der Waals surface area contributed by atoms with Gasteiger partial charge in [0.15, 0.2) is 11.5 Å². The molecule has 3 N–H and O–H groups in total. The molecule has 3 heterocycles. The molecule has 0 bridgehead atoms. The van der Waals surface area contributed by atoms with Gasteiger partial charge < -0.3 is 25.1 Å². The van der Waals surface area contributed by atoms with E-state index in [1.165, 1.54) is 11.3 Å². The number of nitrogens with two attached hydrogens (primary N) is 1. The fourth-order valence-corrected chi connectivity index (χ4v) is 4.80. The summed E-state index contributed by atoms with van der Waals surface area (Å²) < 4.78 is 7.55. The quantitative estimate of drug-likeness (QED) is 0.406. The topological polar surface area (TPSA) is 93.1 Å². The van der Waals surface area contributed by atoms with Gasteiger partial charge in [0.1, 0.15) is 5.82 Å². The summed E-state index contributed by atoms with van der Waals surface area (Å²) >= 11 is 0. The Hall–Kier alpha value is -4.17. The zero-order chi connectivity index (χ0) is 27.4. The van der Waals surface area contributed by atoms with Gasteiger partial charge in [-0.3, -0.25) is 0 Å². The molecule has 1 aliphatic carbocycles. The van der Waals surface area contributed by atoms with E-state index in [9.17, 15) is 0 Å². The summed E-state index contributed by atoms with van der Waals surface area (Å²) in [5, 5.41) is 3.55. The van der Waals surface area contributed by atoms with Gasteiger partial charge in [-0.05, 0) is 73.7 Å². The highest BCUT2D eigenvalue weighted by Gasteiger charge is 2.17. The summed E-state index contributed by atoms with van der Waals surface area (Å²) in [4.78, 5) is 16.7. The van der Waals surface area contributed by atoms with Crippen LogP contribution in [0, 0.1) is 0 Å². The van der Waals surface area contributed by atoms with Crippen molar-refractivity contribution in [1.29, 1.82) is 0 Å². The smallest absolute Gasteiger partial charge is 0.180 e. The number of aromatic nitrogens is 3. The van der Waals surface area contributed by atoms with Crippen molar-refractivity contribution in [2.45, 2.75) is 40.5 Å². The van der Waals surface area contributed by atoms with Crippen LogP contribution in [-0.2, 0) is 11.2 Å². The lowest BCUT2D eigenvalue weighted by Crippen LogP contribution is -2.36. The number of aliphatic imine (C=N–C) groups is 1. The number of imidazole rings is 1. The molecule has 0 unspecified atom stereocenters. The Balaban J connectivity index is 1.47. The number of fused-ring (bicyclic) bond motifs is 1. The van der Waals surface area contributed by atoms with Crippen LogP contribution in [0.2, 0.25) is 0 Å². The Bertz CT molecular complexity index is 1520. The third kappa shape index (κ3) is 5.66. The first-order valence-corrected chi connectivity index (χ1v) is 13.7. The molecule has 0 saturated carbocycles. The minimum Gasteiger partial charge on any atom is -0.384 e. The number of hydrogen-bond donors (Lipinski definition) is 2. The molecular weight excluding hydrogens is 486 g/mol. The van der Waals surface area contributed by atoms with Gasteiger partial charge in [-0.1, -0.05) is 26.0 Å². The van der Waals surface area contributed by atoms with Gasteiger partial charge in [0.25, 0.3) is 0 Å². The Morgan fingerprint density at radius 1 is 1.21 bits per heavy atom. The van der Waals surface area contributed by atoms with Crippen LogP contribution in [0.15, 0.2) is 83.1 Å². The van der Waals surface area contributed by atoms with Gasteiger partial charge in [-0.15, -0.1) is 0 Å². The van der Waals surface area contributed by atoms with E-state index < -0.39 is 0 Å². The van der Waals surface area contributed by atoms with Gasteiger partial charge in [0.05, 0.1) is 24.6 Å². The molecule has 1 aliphatic heterocycles. The normalized spacial score (nSPS) is 18.6. The lowest BCUT2D eigenvalue weighted by molar-refractivity contribution is 0.122. The third-order valence-electron chi connectivity index (χ3n) is 7.29. The number of anilines is 3. The maximum Gasteiger partial charge on any atom is 0.180 e. The number of benzene rings is 1. The van der Waals surface area contributed by atoms with E-state index in [1.54, 1.807) is 6.20 Å². The first-order valence-electron chi connectivity index (χ1n) is 13.7. The molecule has 202 valence electrons. The molecule has 1 fully saturated rings. The van der Waals surface area contributed by atoms with Gasteiger partial charge >= 0.3 is 0 Å². The summed E-state index contributed by atoms with van der Waals surface area (Å²) in [6, 6.07) is 6.54. The van der Waals surface area contributed by atoms with E-state index in [1.807, 2.05) is 48.9 Å². The number of allylic oxidation sites excluding steroid dienone is 7. The number of nitrogens with zero attached hydrogens (tertiary/aromatic N) is 5. The number of rotatable bonds is 7. The van der Waals surface area contributed by atoms with E-state index in [4.69, 9.17) is 15.5 Å². The minimum absolute atomic E-state index is 0.573. The van der Waals surface area contributed by atoms with Crippen LogP contribution < -0.4 is 16.0 Å². The first-order chi connectivity index (χ1) is 19.0. The largest absolute Gasteiger partial charge is 0.384 e. The molecule has 0 atom stereocenters. The fourth-order valence-electron chi connectivity index (χ4n) is 4.80. The van der Waals surface area contributed by atoms with Crippen molar-refractivity contribution >= 4 is 34.1 Å². The third-order valence-corrected chi connectivity index (χ3v) is 7.29. The Morgan fingerprint density at radius 3 is 2.77 bits per heavy atom. The molecule has 2 aliphatic rings. The second kappa shape index (κ2) is 11.7. The van der Waals surface area contributed by atoms with Crippen molar-refractivity contribution in [2.24, 2.45) is 10.7 Å². The Kier molecular flexibility index (Phi) is 7.93. The maximum absolute atomic E-state index is 6.21. The monoisotopic (exact) mass is 523 g/mol. The summed E-state index contributed by atoms with van der Waals surface area (Å²) in [6.07, 6.45) is 15.8. The Morgan fingerprint density at radius 2 is 2.03 bits per heavy atom. The molecule has 39 heavy (non-hydrogen) atoms. The van der Waals surface area contributed by atoms with Crippen molar-refractivity contribution < 1.29 is 4.74 Å². The molecule has 1 aromatic carbocycles. The zero-order valence-corrected chi connectivity index (χ0v) is 23.2. The highest BCUT2D eigenvalue weighted by atomic mass is 16.5. The van der Waals surface area contributed by atoms with Gasteiger partial charge in [-0.25, -0.2) is 15.0 Å². The van der Waals surface area contributed by atoms with Gasteiger partial charge in [0, 0.05) is 48.6 Å². The molecule has 1 saturated heterocycles. The van der Waals surface area contributed by atoms with Crippen molar-refractivity contribution in [1.82, 2.24) is 14.4 Å². The second-order valence-corrected chi connectivity index (χ2v) is 9.75. The van der Waals surface area contributed by atoms with E-state index in [-0.39, 0.29) is 0 Å². The summed E-state index contributed by atoms with van der Waals surface area (Å²) in [6.45, 7) is 11.7. The highest BCUT2D eigenvalue weighted by Crippen LogP contribution is 2.30. The molecule has 0 spiro atoms. The number of ether oxygens (including phenoxy) is 1. The van der Waals surface area contributed by atoms with E-state index in [0.717, 1.165) is 78.6 Å². The van der Waals surface area contributed by atoms with Gasteiger partial charge in [-0.2, -0.15) is 0 Å². The van der Waals surface area contributed by atoms with E-state index in [0.29, 0.717) is 11.6 Å². The molecule has 8 nitrogen and oxygen atoms in total. The van der Waals surface area contributed by atoms with Crippen LogP contribution in [0.3, 0.4) is 0 Å². The van der Waals surface area contributed by atoms with E-state index >= 15 is 0 Å². The lowest BCUT2D eigenvalue weighted by atomic mass is 9.98. The summed E-state index contributed by atoms with van der Waals surface area (Å²) in [7, 11) is 0. The predicted octanol–water partition coefficient (Wildman–Crippen LogP) is 5.81. The van der Waals surface area contributed by atoms with Crippen molar-refractivity contribution in [3.63, 3.8) is 0 Å². The molecular formula is C31H37N7O. The fraction of sp³-hybridized carbons (Fsp3) is 0.323. The number of aryl methyl sites for hydroxylation is 1. The molecule has 3 aromatic rings. The summed E-state index contributed by atoms with van der Waals surface area (Å²) in [5.74, 6) is 1.28. The predicted molar refractivity (Wildman–Crippen MR) is 161 cm³/mol. The van der Waals surface area contributed by atoms with Crippen molar-refractivity contribution in [2.75, 3.05) is 36.5 Å². The van der Waals surface area contributed by atoms with Crippen LogP contribution in [0.1, 0.15) is 45.4 Å². The molecule has 0 amide bonds. The van der Waals surface area contributed by atoms with Crippen LogP contribution in [0.5, 0.6) is 0 Å². The number of hydrogen-bond acceptors (Lipinski definition) is 7. The molecule has 2 aromatic heterocycles. The number of nitrogens with one attached hydrogen (secondary N) is 1. The molecule has 8 heteroatoms. The van der Waals surface area contributed by atoms with Gasteiger partial charge in [0.2, 0.25) is 0 Å². The van der Waals surface area contributed by atoms with Crippen molar-refractivity contribution in [3.8, 4) is 0 Å². The Labute approximate surface area is 230 Å². The van der Waals surface area contributed by atoms with Crippen LogP contribution in [0.25, 0.3) is 11.2 Å². The average Bonchev–Trinajstić information content (AvgIpc) is 3.46. The van der Waals surface area contributed by atoms with Crippen LogP contribution >= 0.6 is 0 Å². The van der Waals surface area contributed by atoms with Crippen LogP contribution in [-0.4, -0.2) is 46.4 Å². The molecule has 5 rings (SSSR count). The van der Waals surface area contributed by atoms with Crippen LogP contribution in [0.4, 0.5) is 17.2 Å². The van der Waals surface area contributed by atoms with Crippen molar-refractivity contribution in [3.05, 3.63) is 89.3 Å². The minimum atomic E-state index is 0.573. The molecule has 0 radical (unpaired) electrons. The maximum atomic E-state index is 6.21.